The van der Waals surface area contributed by atoms with Crippen molar-refractivity contribution in [2.75, 3.05) is 31.9 Å². The molecule has 2 aromatic rings. The van der Waals surface area contributed by atoms with Crippen molar-refractivity contribution in [3.63, 3.8) is 0 Å². The fraction of sp³-hybridized carbons (Fsp3) is 0.625. The number of likely N-dealkylation sites (tertiary alicyclic amines) is 1. The van der Waals surface area contributed by atoms with Crippen molar-refractivity contribution in [2.24, 2.45) is 5.41 Å². The maximum absolute atomic E-state index is 12.6. The number of nitrogens with zero attached hydrogens (tertiary/aromatic N) is 4. The Morgan fingerprint density at radius 2 is 2.28 bits per heavy atom. The fourth-order valence-electron chi connectivity index (χ4n) is 3.82. The number of thioether (sulfide) groups is 1. The number of hydrogen-bond donors (Lipinski definition) is 2. The number of rotatable bonds is 3. The topological polar surface area (TPSA) is 95.4 Å². The molecule has 1 spiro atoms. The minimum atomic E-state index is -0.195. The molecular weight excluding hydrogens is 340 g/mol. The van der Waals surface area contributed by atoms with Gasteiger partial charge in [-0.2, -0.15) is 9.50 Å². The quantitative estimate of drug-likeness (QED) is 0.769. The highest BCUT2D eigenvalue weighted by Crippen LogP contribution is 2.35. The van der Waals surface area contributed by atoms with Crippen LogP contribution in [0.2, 0.25) is 0 Å². The Morgan fingerprint density at radius 3 is 3.08 bits per heavy atom. The molecule has 0 aliphatic carbocycles. The molecule has 2 aromatic heterocycles. The Morgan fingerprint density at radius 1 is 1.40 bits per heavy atom. The van der Waals surface area contributed by atoms with Crippen molar-refractivity contribution in [1.82, 2.24) is 29.8 Å². The van der Waals surface area contributed by atoms with Crippen LogP contribution in [-0.4, -0.2) is 62.3 Å². The summed E-state index contributed by atoms with van der Waals surface area (Å²) in [6.07, 6.45) is 3.43. The van der Waals surface area contributed by atoms with Crippen LogP contribution in [0.25, 0.3) is 5.78 Å². The zero-order valence-electron chi connectivity index (χ0n) is 14.2. The standard InChI is InChI=1S/C16H22N6O2S/c1-11-7-12(23)22-14(18-11)19-15(20-22)25-8-13(24)21-6-2-3-16(10-21)4-5-17-9-16/h7,17H,2-6,8-10H2,1H3,(H,18,19,20)/t16-/m1/s1. The second-order valence-electron chi connectivity index (χ2n) is 7.03. The van der Waals surface area contributed by atoms with Crippen LogP contribution >= 0.6 is 11.8 Å². The van der Waals surface area contributed by atoms with Gasteiger partial charge in [0.25, 0.3) is 11.3 Å². The van der Waals surface area contributed by atoms with Crippen LogP contribution in [0.5, 0.6) is 0 Å². The zero-order chi connectivity index (χ0) is 17.4. The summed E-state index contributed by atoms with van der Waals surface area (Å²) in [6.45, 7) is 5.51. The van der Waals surface area contributed by atoms with Crippen molar-refractivity contribution in [3.8, 4) is 0 Å². The van der Waals surface area contributed by atoms with Gasteiger partial charge in [0, 0.05) is 36.8 Å². The molecule has 0 aromatic carbocycles. The number of amides is 1. The molecule has 0 radical (unpaired) electrons. The molecule has 2 aliphatic heterocycles. The van der Waals surface area contributed by atoms with Gasteiger partial charge >= 0.3 is 0 Å². The molecule has 0 unspecified atom stereocenters. The molecule has 25 heavy (non-hydrogen) atoms. The number of nitrogens with one attached hydrogen (secondary N) is 2. The average Bonchev–Trinajstić information content (AvgIpc) is 3.20. The molecule has 8 nitrogen and oxygen atoms in total. The van der Waals surface area contributed by atoms with Crippen LogP contribution in [0, 0.1) is 12.3 Å². The second-order valence-corrected chi connectivity index (χ2v) is 8.00. The molecular formula is C16H22N6O2S. The smallest absolute Gasteiger partial charge is 0.274 e. The number of hydrogen-bond acceptors (Lipinski definition) is 6. The van der Waals surface area contributed by atoms with Crippen LogP contribution in [-0.2, 0) is 4.79 Å². The van der Waals surface area contributed by atoms with Gasteiger partial charge < -0.3 is 10.2 Å². The third kappa shape index (κ3) is 3.30. The molecule has 0 saturated carbocycles. The van der Waals surface area contributed by atoms with E-state index in [1.807, 2.05) is 4.90 Å². The summed E-state index contributed by atoms with van der Waals surface area (Å²) in [5, 5.41) is 6.88. The third-order valence-electron chi connectivity index (χ3n) is 5.12. The minimum Gasteiger partial charge on any atom is -0.341 e. The highest BCUT2D eigenvalue weighted by Gasteiger charge is 2.39. The van der Waals surface area contributed by atoms with Crippen LogP contribution < -0.4 is 10.9 Å². The lowest BCUT2D eigenvalue weighted by Gasteiger charge is -2.40. The summed E-state index contributed by atoms with van der Waals surface area (Å²) in [5.41, 5.74) is 0.708. The highest BCUT2D eigenvalue weighted by atomic mass is 32.2. The average molecular weight is 362 g/mol. The van der Waals surface area contributed by atoms with Gasteiger partial charge in [0.05, 0.1) is 5.75 Å². The van der Waals surface area contributed by atoms with Gasteiger partial charge in [-0.15, -0.1) is 0 Å². The molecule has 1 atom stereocenters. The van der Waals surface area contributed by atoms with Crippen LogP contribution in [0.4, 0.5) is 0 Å². The summed E-state index contributed by atoms with van der Waals surface area (Å²) in [7, 11) is 0. The molecule has 4 heterocycles. The number of piperidine rings is 1. The molecule has 0 bridgehead atoms. The van der Waals surface area contributed by atoms with Gasteiger partial charge in [-0.3, -0.25) is 14.7 Å². The van der Waals surface area contributed by atoms with E-state index in [0.29, 0.717) is 22.4 Å². The molecule has 1 amide bonds. The summed E-state index contributed by atoms with van der Waals surface area (Å²) in [5.74, 6) is 0.790. The SMILES string of the molecule is Cc1cc(=O)n2[nH]c(SCC(=O)N3CCC[C@]4(CCNC4)C3)nc2n1. The first-order valence-electron chi connectivity index (χ1n) is 8.62. The predicted octanol–water partition coefficient (Wildman–Crippen LogP) is 0.420. The lowest BCUT2D eigenvalue weighted by molar-refractivity contribution is -0.131. The fourth-order valence-corrected chi connectivity index (χ4v) is 4.57. The molecule has 2 fully saturated rings. The summed E-state index contributed by atoms with van der Waals surface area (Å²) >= 11 is 1.32. The Kier molecular flexibility index (Phi) is 4.28. The first-order valence-corrected chi connectivity index (χ1v) is 9.61. The number of carbonyl (C=O) groups excluding carboxylic acids is 1. The summed E-state index contributed by atoms with van der Waals surface area (Å²) in [6, 6.07) is 1.45. The Balaban J connectivity index is 1.41. The van der Waals surface area contributed by atoms with E-state index in [2.05, 4.69) is 20.4 Å². The van der Waals surface area contributed by atoms with Crippen molar-refractivity contribution in [3.05, 3.63) is 22.1 Å². The molecule has 9 heteroatoms. The normalized spacial score (nSPS) is 23.6. The number of carbonyl (C=O) groups is 1. The van der Waals surface area contributed by atoms with Crippen LogP contribution in [0.15, 0.2) is 16.0 Å². The Hall–Kier alpha value is -1.87. The molecule has 2 N–H and O–H groups in total. The second kappa shape index (κ2) is 6.45. The lowest BCUT2D eigenvalue weighted by atomic mass is 9.79. The summed E-state index contributed by atoms with van der Waals surface area (Å²) < 4.78 is 1.31. The first-order chi connectivity index (χ1) is 12.0. The molecule has 2 saturated heterocycles. The summed E-state index contributed by atoms with van der Waals surface area (Å²) in [4.78, 5) is 35.0. The predicted molar refractivity (Wildman–Crippen MR) is 94.8 cm³/mol. The van der Waals surface area contributed by atoms with Gasteiger partial charge in [0.15, 0.2) is 5.16 Å². The van der Waals surface area contributed by atoms with E-state index in [-0.39, 0.29) is 16.9 Å². The van der Waals surface area contributed by atoms with E-state index in [4.69, 9.17) is 0 Å². The largest absolute Gasteiger partial charge is 0.341 e. The Bertz CT molecular complexity index is 854. The third-order valence-corrected chi connectivity index (χ3v) is 5.96. The van der Waals surface area contributed by atoms with Crippen molar-refractivity contribution in [2.45, 2.75) is 31.3 Å². The van der Waals surface area contributed by atoms with E-state index in [1.54, 1.807) is 6.92 Å². The lowest BCUT2D eigenvalue weighted by Crippen LogP contribution is -2.47. The zero-order valence-corrected chi connectivity index (χ0v) is 15.1. The molecule has 4 rings (SSSR count). The molecule has 2 aliphatic rings. The highest BCUT2D eigenvalue weighted by molar-refractivity contribution is 7.99. The van der Waals surface area contributed by atoms with Gasteiger partial charge in [-0.1, -0.05) is 11.8 Å². The number of H-pyrrole nitrogens is 1. The maximum Gasteiger partial charge on any atom is 0.274 e. The van der Waals surface area contributed by atoms with E-state index in [1.165, 1.54) is 28.8 Å². The van der Waals surface area contributed by atoms with E-state index in [9.17, 15) is 9.59 Å². The van der Waals surface area contributed by atoms with E-state index in [0.717, 1.165) is 39.0 Å². The van der Waals surface area contributed by atoms with Crippen molar-refractivity contribution >= 4 is 23.4 Å². The van der Waals surface area contributed by atoms with E-state index < -0.39 is 0 Å². The van der Waals surface area contributed by atoms with E-state index >= 15 is 0 Å². The van der Waals surface area contributed by atoms with Gasteiger partial charge in [-0.25, -0.2) is 4.98 Å². The number of aromatic nitrogens is 4. The molecule has 134 valence electrons. The van der Waals surface area contributed by atoms with Crippen molar-refractivity contribution < 1.29 is 4.79 Å². The van der Waals surface area contributed by atoms with Gasteiger partial charge in [0.2, 0.25) is 5.91 Å². The van der Waals surface area contributed by atoms with Crippen LogP contribution in [0.3, 0.4) is 0 Å². The monoisotopic (exact) mass is 362 g/mol. The minimum absolute atomic E-state index is 0.132. The number of aromatic amines is 1. The number of fused-ring (bicyclic) bond motifs is 1. The Labute approximate surface area is 149 Å². The van der Waals surface area contributed by atoms with Crippen LogP contribution in [0.1, 0.15) is 25.0 Å². The number of aryl methyl sites for hydroxylation is 1. The van der Waals surface area contributed by atoms with Gasteiger partial charge in [0.1, 0.15) is 0 Å². The maximum atomic E-state index is 12.6. The first kappa shape index (κ1) is 16.6. The van der Waals surface area contributed by atoms with Crippen molar-refractivity contribution in [1.29, 1.82) is 0 Å². The van der Waals surface area contributed by atoms with Gasteiger partial charge in [-0.05, 0) is 32.7 Å².